The minimum absolute atomic E-state index is 0.320. The van der Waals surface area contributed by atoms with E-state index in [-0.39, 0.29) is 11.8 Å². The van der Waals surface area contributed by atoms with Gasteiger partial charge in [0, 0.05) is 10.2 Å². The van der Waals surface area contributed by atoms with Gasteiger partial charge in [-0.05, 0) is 58.4 Å². The number of nitriles is 1. The predicted molar refractivity (Wildman–Crippen MR) is 108 cm³/mol. The van der Waals surface area contributed by atoms with E-state index in [1.807, 2.05) is 12.1 Å². The number of rotatable bonds is 4. The quantitative estimate of drug-likeness (QED) is 0.635. The van der Waals surface area contributed by atoms with E-state index < -0.39 is 0 Å². The van der Waals surface area contributed by atoms with Crippen LogP contribution in [0.15, 0.2) is 77.3 Å². The van der Waals surface area contributed by atoms with Crippen molar-refractivity contribution in [2.24, 2.45) is 0 Å². The average molecular weight is 420 g/mol. The Balaban J connectivity index is 1.83. The number of anilines is 2. The minimum Gasteiger partial charge on any atom is -0.322 e. The maximum absolute atomic E-state index is 12.7. The Labute approximate surface area is 164 Å². The molecule has 2 amide bonds. The lowest BCUT2D eigenvalue weighted by Crippen LogP contribution is -2.18. The summed E-state index contributed by atoms with van der Waals surface area (Å²) in [5.41, 5.74) is 2.14. The van der Waals surface area contributed by atoms with Gasteiger partial charge in [-0.3, -0.25) is 9.59 Å². The summed E-state index contributed by atoms with van der Waals surface area (Å²) in [6.07, 6.45) is 0. The first kappa shape index (κ1) is 18.4. The van der Waals surface area contributed by atoms with Gasteiger partial charge in [0.05, 0.1) is 28.4 Å². The van der Waals surface area contributed by atoms with E-state index in [9.17, 15) is 9.59 Å². The van der Waals surface area contributed by atoms with Gasteiger partial charge in [0.25, 0.3) is 11.8 Å². The molecular weight excluding hydrogens is 406 g/mol. The van der Waals surface area contributed by atoms with Crippen LogP contribution < -0.4 is 10.6 Å². The zero-order chi connectivity index (χ0) is 19.2. The Hall–Kier alpha value is -3.43. The van der Waals surface area contributed by atoms with E-state index in [0.717, 1.165) is 0 Å². The molecule has 0 atom stereocenters. The molecule has 0 heterocycles. The normalized spacial score (nSPS) is 9.93. The number of carbonyl (C=O) groups excluding carboxylic acids is 2. The van der Waals surface area contributed by atoms with Crippen LogP contribution in [0.5, 0.6) is 0 Å². The third-order valence-corrected chi connectivity index (χ3v) is 4.48. The van der Waals surface area contributed by atoms with E-state index in [1.165, 1.54) is 0 Å². The molecule has 2 N–H and O–H groups in total. The summed E-state index contributed by atoms with van der Waals surface area (Å²) >= 11 is 3.35. The highest BCUT2D eigenvalue weighted by Gasteiger charge is 2.15. The standard InChI is InChI=1S/C21H14BrN3O2/c22-18-10-3-1-8-16(18)20(26)25-19-11-4-2-9-17(19)21(27)24-15-7-5-6-14(12-15)13-23/h1-12H,(H,24,27)(H,25,26). The first-order valence-electron chi connectivity index (χ1n) is 8.05. The number of nitrogens with zero attached hydrogens (tertiary/aromatic N) is 1. The molecule has 5 nitrogen and oxygen atoms in total. The second-order valence-corrected chi connectivity index (χ2v) is 6.48. The van der Waals surface area contributed by atoms with Crippen LogP contribution in [0.1, 0.15) is 26.3 Å². The molecule has 3 aromatic carbocycles. The predicted octanol–water partition coefficient (Wildman–Crippen LogP) is 4.83. The van der Waals surface area contributed by atoms with E-state index in [0.29, 0.717) is 32.5 Å². The summed E-state index contributed by atoms with van der Waals surface area (Å²) in [6.45, 7) is 0. The fraction of sp³-hybridized carbons (Fsp3) is 0. The van der Waals surface area contributed by atoms with Crippen molar-refractivity contribution in [3.63, 3.8) is 0 Å². The molecule has 0 bridgehead atoms. The van der Waals surface area contributed by atoms with Crippen LogP contribution in [0.25, 0.3) is 0 Å². The monoisotopic (exact) mass is 419 g/mol. The van der Waals surface area contributed by atoms with Crippen molar-refractivity contribution in [3.8, 4) is 6.07 Å². The Morgan fingerprint density at radius 3 is 2.22 bits per heavy atom. The van der Waals surface area contributed by atoms with Crippen molar-refractivity contribution in [2.75, 3.05) is 10.6 Å². The van der Waals surface area contributed by atoms with Crippen LogP contribution in [-0.4, -0.2) is 11.8 Å². The molecule has 0 aliphatic rings. The van der Waals surface area contributed by atoms with Gasteiger partial charge < -0.3 is 10.6 Å². The van der Waals surface area contributed by atoms with Gasteiger partial charge in [-0.2, -0.15) is 5.26 Å². The first-order chi connectivity index (χ1) is 13.1. The second-order valence-electron chi connectivity index (χ2n) is 5.63. The molecule has 3 aromatic rings. The molecule has 6 heteroatoms. The molecule has 0 aliphatic heterocycles. The molecule has 0 spiro atoms. The Morgan fingerprint density at radius 1 is 0.815 bits per heavy atom. The van der Waals surface area contributed by atoms with Crippen LogP contribution in [0, 0.1) is 11.3 Å². The zero-order valence-corrected chi connectivity index (χ0v) is 15.7. The lowest BCUT2D eigenvalue weighted by Gasteiger charge is -2.12. The van der Waals surface area contributed by atoms with Gasteiger partial charge in [0.2, 0.25) is 0 Å². The number of hydrogen-bond acceptors (Lipinski definition) is 3. The Morgan fingerprint density at radius 2 is 1.48 bits per heavy atom. The van der Waals surface area contributed by atoms with Crippen molar-refractivity contribution in [1.29, 1.82) is 5.26 Å². The maximum atomic E-state index is 12.7. The Kier molecular flexibility index (Phi) is 5.64. The summed E-state index contributed by atoms with van der Waals surface area (Å²) in [5.74, 6) is -0.706. The average Bonchev–Trinajstić information content (AvgIpc) is 2.68. The van der Waals surface area contributed by atoms with Gasteiger partial charge in [-0.15, -0.1) is 0 Å². The van der Waals surface area contributed by atoms with Crippen molar-refractivity contribution >= 4 is 39.1 Å². The number of nitrogens with one attached hydrogen (secondary N) is 2. The second kappa shape index (κ2) is 8.30. The third kappa shape index (κ3) is 4.40. The molecule has 132 valence electrons. The summed E-state index contributed by atoms with van der Waals surface area (Å²) in [4.78, 5) is 25.2. The van der Waals surface area contributed by atoms with Gasteiger partial charge in [-0.1, -0.05) is 30.3 Å². The molecule has 0 radical (unpaired) electrons. The highest BCUT2D eigenvalue weighted by molar-refractivity contribution is 9.10. The zero-order valence-electron chi connectivity index (χ0n) is 14.1. The lowest BCUT2D eigenvalue weighted by molar-refractivity contribution is 0.102. The minimum atomic E-state index is -0.381. The molecule has 0 fully saturated rings. The van der Waals surface area contributed by atoms with Crippen LogP contribution in [0.2, 0.25) is 0 Å². The van der Waals surface area contributed by atoms with Crippen molar-refractivity contribution in [2.45, 2.75) is 0 Å². The van der Waals surface area contributed by atoms with Gasteiger partial charge in [0.1, 0.15) is 0 Å². The van der Waals surface area contributed by atoms with E-state index >= 15 is 0 Å². The molecule has 0 saturated heterocycles. The van der Waals surface area contributed by atoms with Crippen molar-refractivity contribution in [3.05, 3.63) is 94.0 Å². The summed E-state index contributed by atoms with van der Waals surface area (Å²) < 4.78 is 0.665. The summed E-state index contributed by atoms with van der Waals surface area (Å²) in [7, 11) is 0. The smallest absolute Gasteiger partial charge is 0.257 e. The molecule has 0 aromatic heterocycles. The molecule has 3 rings (SSSR count). The van der Waals surface area contributed by atoms with Crippen LogP contribution in [-0.2, 0) is 0 Å². The number of hydrogen-bond donors (Lipinski definition) is 2. The van der Waals surface area contributed by atoms with Crippen molar-refractivity contribution in [1.82, 2.24) is 0 Å². The molecule has 27 heavy (non-hydrogen) atoms. The molecular formula is C21H14BrN3O2. The number of halogens is 1. The largest absolute Gasteiger partial charge is 0.322 e. The molecule has 0 unspecified atom stereocenters. The highest BCUT2D eigenvalue weighted by Crippen LogP contribution is 2.21. The van der Waals surface area contributed by atoms with E-state index in [4.69, 9.17) is 5.26 Å². The highest BCUT2D eigenvalue weighted by atomic mass is 79.9. The van der Waals surface area contributed by atoms with Crippen LogP contribution in [0.4, 0.5) is 11.4 Å². The molecule has 0 saturated carbocycles. The van der Waals surface area contributed by atoms with Gasteiger partial charge in [-0.25, -0.2) is 0 Å². The summed E-state index contributed by atoms with van der Waals surface area (Å²) in [6, 6.07) is 22.4. The van der Waals surface area contributed by atoms with Crippen LogP contribution >= 0.6 is 15.9 Å². The number of benzene rings is 3. The summed E-state index contributed by atoms with van der Waals surface area (Å²) in [5, 5.41) is 14.5. The lowest BCUT2D eigenvalue weighted by atomic mass is 10.1. The van der Waals surface area contributed by atoms with E-state index in [1.54, 1.807) is 66.7 Å². The topological polar surface area (TPSA) is 82.0 Å². The number of carbonyl (C=O) groups is 2. The number of para-hydroxylation sites is 1. The van der Waals surface area contributed by atoms with Crippen molar-refractivity contribution < 1.29 is 9.59 Å². The third-order valence-electron chi connectivity index (χ3n) is 3.79. The van der Waals surface area contributed by atoms with Gasteiger partial charge >= 0.3 is 0 Å². The van der Waals surface area contributed by atoms with E-state index in [2.05, 4.69) is 26.6 Å². The van der Waals surface area contributed by atoms with Gasteiger partial charge in [0.15, 0.2) is 0 Å². The molecule has 0 aliphatic carbocycles. The maximum Gasteiger partial charge on any atom is 0.257 e. The first-order valence-corrected chi connectivity index (χ1v) is 8.84. The fourth-order valence-corrected chi connectivity index (χ4v) is 2.95. The number of amides is 2. The Bertz CT molecular complexity index is 1060. The fourth-order valence-electron chi connectivity index (χ4n) is 2.49. The van der Waals surface area contributed by atoms with Crippen LogP contribution in [0.3, 0.4) is 0 Å². The SMILES string of the molecule is N#Cc1cccc(NC(=O)c2ccccc2NC(=O)c2ccccc2Br)c1.